The second-order valence-corrected chi connectivity index (χ2v) is 3.58. The van der Waals surface area contributed by atoms with Crippen molar-refractivity contribution in [2.75, 3.05) is 5.32 Å². The van der Waals surface area contributed by atoms with Crippen LogP contribution in [-0.2, 0) is 4.79 Å². The van der Waals surface area contributed by atoms with Gasteiger partial charge in [0, 0.05) is 5.69 Å². The van der Waals surface area contributed by atoms with Crippen LogP contribution in [0.1, 0.15) is 5.56 Å². The summed E-state index contributed by atoms with van der Waals surface area (Å²) in [6.07, 6.45) is 0. The van der Waals surface area contributed by atoms with Crippen LogP contribution in [0.25, 0.3) is 0 Å². The number of nitrogens with one attached hydrogen (secondary N) is 1. The fraction of sp³-hybridized carbons (Fsp3) is 0.111. The van der Waals surface area contributed by atoms with Gasteiger partial charge in [0.05, 0.1) is 11.6 Å². The average Bonchev–Trinajstić information content (AvgIpc) is 2.18. The van der Waals surface area contributed by atoms with Crippen LogP contribution in [0.4, 0.5) is 5.69 Å². The molecule has 0 aliphatic rings. The van der Waals surface area contributed by atoms with Gasteiger partial charge < -0.3 is 5.32 Å². The lowest BCUT2D eigenvalue weighted by Gasteiger charge is -2.04. The highest BCUT2D eigenvalue weighted by atomic mass is 35.5. The van der Waals surface area contributed by atoms with Crippen molar-refractivity contribution in [3.05, 3.63) is 29.8 Å². The number of anilines is 1. The predicted octanol–water partition coefficient (Wildman–Crippen LogP) is 2.30. The number of nitrogens with zero attached hydrogens (tertiary/aromatic N) is 1. The molecule has 0 heterocycles. The molecule has 5 heteroatoms. The van der Waals surface area contributed by atoms with Gasteiger partial charge in [-0.2, -0.15) is 5.26 Å². The van der Waals surface area contributed by atoms with E-state index in [0.717, 1.165) is 0 Å². The second kappa shape index (κ2) is 4.85. The molecule has 0 saturated heterocycles. The molecule has 72 valence electrons. The quantitative estimate of drug-likeness (QED) is 0.791. The molecule has 0 unspecified atom stereocenters. The third-order valence-corrected chi connectivity index (χ3v) is 1.85. The first kappa shape index (κ1) is 10.8. The van der Waals surface area contributed by atoms with Gasteiger partial charge in [-0.05, 0) is 18.2 Å². The Kier molecular flexibility index (Phi) is 3.75. The van der Waals surface area contributed by atoms with Crippen LogP contribution in [0, 0.1) is 11.3 Å². The van der Waals surface area contributed by atoms with Crippen molar-refractivity contribution < 1.29 is 4.79 Å². The summed E-state index contributed by atoms with van der Waals surface area (Å²) in [7, 11) is 0. The van der Waals surface area contributed by atoms with E-state index in [1.165, 1.54) is 6.07 Å². The molecule has 3 nitrogen and oxygen atoms in total. The second-order valence-electron chi connectivity index (χ2n) is 2.48. The molecule has 14 heavy (non-hydrogen) atoms. The molecule has 0 fully saturated rings. The van der Waals surface area contributed by atoms with Crippen LogP contribution in [0.3, 0.4) is 0 Å². The summed E-state index contributed by atoms with van der Waals surface area (Å²) in [6, 6.07) is 8.43. The maximum Gasteiger partial charge on any atom is 0.257 e. The summed E-state index contributed by atoms with van der Waals surface area (Å²) in [5.74, 6) is -0.511. The van der Waals surface area contributed by atoms with Gasteiger partial charge in [-0.25, -0.2) is 0 Å². The van der Waals surface area contributed by atoms with Crippen LogP contribution in [0.5, 0.6) is 0 Å². The smallest absolute Gasteiger partial charge is 0.257 e. The number of hydrogen-bond acceptors (Lipinski definition) is 2. The number of halogens is 2. The summed E-state index contributed by atoms with van der Waals surface area (Å²) < 4.78 is 0. The lowest BCUT2D eigenvalue weighted by molar-refractivity contribution is -0.114. The van der Waals surface area contributed by atoms with E-state index in [0.29, 0.717) is 11.3 Å². The van der Waals surface area contributed by atoms with Crippen LogP contribution in [-0.4, -0.2) is 10.7 Å². The van der Waals surface area contributed by atoms with Gasteiger partial charge in [0.1, 0.15) is 0 Å². The third-order valence-electron chi connectivity index (χ3n) is 1.46. The zero-order chi connectivity index (χ0) is 10.6. The first-order valence-corrected chi connectivity index (χ1v) is 4.60. The molecule has 0 atom stereocenters. The molecule has 0 bridgehead atoms. The number of amides is 1. The first-order chi connectivity index (χ1) is 6.63. The van der Waals surface area contributed by atoms with Crippen LogP contribution in [0.15, 0.2) is 24.3 Å². The van der Waals surface area contributed by atoms with Gasteiger partial charge in [0.15, 0.2) is 4.84 Å². The van der Waals surface area contributed by atoms with E-state index in [9.17, 15) is 4.79 Å². The maximum atomic E-state index is 11.1. The number of hydrogen-bond donors (Lipinski definition) is 1. The first-order valence-electron chi connectivity index (χ1n) is 3.72. The zero-order valence-electron chi connectivity index (χ0n) is 7.00. The van der Waals surface area contributed by atoms with E-state index >= 15 is 0 Å². The number of carbonyl (C=O) groups is 1. The summed E-state index contributed by atoms with van der Waals surface area (Å²) in [6.45, 7) is 0. The molecule has 0 aromatic heterocycles. The Morgan fingerprint density at radius 1 is 1.50 bits per heavy atom. The largest absolute Gasteiger partial charge is 0.324 e. The Bertz CT molecular complexity index is 385. The molecular weight excluding hydrogens is 223 g/mol. The van der Waals surface area contributed by atoms with Gasteiger partial charge in [-0.1, -0.05) is 29.3 Å². The van der Waals surface area contributed by atoms with Crippen LogP contribution < -0.4 is 5.32 Å². The van der Waals surface area contributed by atoms with Crippen LogP contribution in [0.2, 0.25) is 0 Å². The summed E-state index contributed by atoms with van der Waals surface area (Å²) in [4.78, 5) is 9.94. The van der Waals surface area contributed by atoms with Crippen molar-refractivity contribution >= 4 is 34.8 Å². The Morgan fingerprint density at radius 3 is 2.79 bits per heavy atom. The minimum atomic E-state index is -1.11. The van der Waals surface area contributed by atoms with Crippen molar-refractivity contribution in [2.45, 2.75) is 4.84 Å². The molecule has 1 N–H and O–H groups in total. The summed E-state index contributed by atoms with van der Waals surface area (Å²) >= 11 is 10.7. The molecule has 0 aliphatic heterocycles. The van der Waals surface area contributed by atoms with Crippen molar-refractivity contribution in [2.24, 2.45) is 0 Å². The zero-order valence-corrected chi connectivity index (χ0v) is 8.51. The Labute approximate surface area is 91.2 Å². The van der Waals surface area contributed by atoms with E-state index < -0.39 is 10.7 Å². The monoisotopic (exact) mass is 228 g/mol. The van der Waals surface area contributed by atoms with Crippen LogP contribution >= 0.6 is 23.2 Å². The fourth-order valence-electron chi connectivity index (χ4n) is 0.863. The highest BCUT2D eigenvalue weighted by Crippen LogP contribution is 2.12. The number of carbonyl (C=O) groups excluding carboxylic acids is 1. The van der Waals surface area contributed by atoms with Gasteiger partial charge in [0.25, 0.3) is 5.91 Å². The fourth-order valence-corrected chi connectivity index (χ4v) is 0.972. The van der Waals surface area contributed by atoms with Gasteiger partial charge in [-0.15, -0.1) is 0 Å². The summed E-state index contributed by atoms with van der Waals surface area (Å²) in [5, 5.41) is 11.1. The molecular formula is C9H6Cl2N2O. The highest BCUT2D eigenvalue weighted by Gasteiger charge is 2.10. The van der Waals surface area contributed by atoms with Gasteiger partial charge >= 0.3 is 0 Å². The molecule has 0 aliphatic carbocycles. The highest BCUT2D eigenvalue weighted by molar-refractivity contribution is 6.54. The number of rotatable bonds is 2. The normalized spacial score (nSPS) is 9.57. The van der Waals surface area contributed by atoms with Gasteiger partial charge in [-0.3, -0.25) is 4.79 Å². The number of alkyl halides is 2. The Morgan fingerprint density at radius 2 is 2.21 bits per heavy atom. The molecule has 1 aromatic carbocycles. The standard InChI is InChI=1S/C9H6Cl2N2O/c10-8(11)9(14)13-7-3-1-2-6(4-7)5-12/h1-4,8H,(H,13,14). The summed E-state index contributed by atoms with van der Waals surface area (Å²) in [5.41, 5.74) is 0.962. The van der Waals surface area contributed by atoms with E-state index in [1.54, 1.807) is 18.2 Å². The van der Waals surface area contributed by atoms with Crippen molar-refractivity contribution in [3.8, 4) is 6.07 Å². The molecule has 0 radical (unpaired) electrons. The lowest BCUT2D eigenvalue weighted by atomic mass is 10.2. The Balaban J connectivity index is 2.78. The van der Waals surface area contributed by atoms with Crippen molar-refractivity contribution in [3.63, 3.8) is 0 Å². The predicted molar refractivity (Wildman–Crippen MR) is 55.3 cm³/mol. The third kappa shape index (κ3) is 2.91. The van der Waals surface area contributed by atoms with Gasteiger partial charge in [0.2, 0.25) is 0 Å². The van der Waals surface area contributed by atoms with E-state index in [4.69, 9.17) is 28.5 Å². The number of benzene rings is 1. The molecule has 0 saturated carbocycles. The molecule has 1 amide bonds. The van der Waals surface area contributed by atoms with E-state index in [1.807, 2.05) is 6.07 Å². The minimum absolute atomic E-state index is 0.462. The minimum Gasteiger partial charge on any atom is -0.324 e. The Hall–Kier alpha value is -1.24. The van der Waals surface area contributed by atoms with E-state index in [2.05, 4.69) is 5.32 Å². The van der Waals surface area contributed by atoms with E-state index in [-0.39, 0.29) is 0 Å². The number of nitriles is 1. The molecule has 1 rings (SSSR count). The SMILES string of the molecule is N#Cc1cccc(NC(=O)C(Cl)Cl)c1. The topological polar surface area (TPSA) is 52.9 Å². The average molecular weight is 229 g/mol. The molecule has 0 spiro atoms. The maximum absolute atomic E-state index is 11.1. The lowest BCUT2D eigenvalue weighted by Crippen LogP contribution is -2.18. The van der Waals surface area contributed by atoms with Crippen molar-refractivity contribution in [1.29, 1.82) is 5.26 Å². The molecule has 1 aromatic rings. The van der Waals surface area contributed by atoms with Crippen molar-refractivity contribution in [1.82, 2.24) is 0 Å².